The van der Waals surface area contributed by atoms with E-state index in [4.69, 9.17) is 4.74 Å². The van der Waals surface area contributed by atoms with Gasteiger partial charge in [0.25, 0.3) is 5.91 Å². The van der Waals surface area contributed by atoms with E-state index in [9.17, 15) is 9.59 Å². The van der Waals surface area contributed by atoms with Gasteiger partial charge in [0, 0.05) is 48.4 Å². The molecule has 1 aliphatic heterocycles. The van der Waals surface area contributed by atoms with Crippen LogP contribution in [0.1, 0.15) is 23.7 Å². The molecular formula is C21H23Br2N3O3. The number of hydrogen-bond acceptors (Lipinski definition) is 4. The van der Waals surface area contributed by atoms with Crippen molar-refractivity contribution in [2.75, 3.05) is 43.5 Å². The van der Waals surface area contributed by atoms with Crippen LogP contribution in [-0.2, 0) is 4.79 Å². The minimum Gasteiger partial charge on any atom is -0.495 e. The van der Waals surface area contributed by atoms with E-state index < -0.39 is 0 Å². The highest BCUT2D eigenvalue weighted by molar-refractivity contribution is 9.11. The second-order valence-electron chi connectivity index (χ2n) is 6.69. The lowest BCUT2D eigenvalue weighted by Gasteiger charge is -2.36. The van der Waals surface area contributed by atoms with Crippen LogP contribution in [0.3, 0.4) is 0 Å². The van der Waals surface area contributed by atoms with Gasteiger partial charge in [-0.25, -0.2) is 0 Å². The molecule has 8 heteroatoms. The van der Waals surface area contributed by atoms with Crippen LogP contribution in [0.4, 0.5) is 11.4 Å². The molecule has 2 aromatic rings. The maximum absolute atomic E-state index is 12.7. The van der Waals surface area contributed by atoms with E-state index in [1.807, 2.05) is 42.2 Å². The van der Waals surface area contributed by atoms with Gasteiger partial charge in [-0.2, -0.15) is 0 Å². The standard InChI is InChI=1S/C21H23Br2N3O3/c1-3-19(27)26-10-8-25(9-11-26)16-6-4-15(5-7-16)24-21(28)17-12-14(22)13-18(23)20(17)29-2/h4-7,12-13H,3,8-11H2,1-2H3,(H,24,28). The number of piperazine rings is 1. The zero-order valence-electron chi connectivity index (χ0n) is 16.4. The fourth-order valence-corrected chi connectivity index (χ4v) is 4.72. The zero-order valence-corrected chi connectivity index (χ0v) is 19.5. The molecule has 0 radical (unpaired) electrons. The van der Waals surface area contributed by atoms with E-state index >= 15 is 0 Å². The van der Waals surface area contributed by atoms with Gasteiger partial charge in [0.2, 0.25) is 5.91 Å². The molecule has 1 fully saturated rings. The maximum atomic E-state index is 12.7. The lowest BCUT2D eigenvalue weighted by Crippen LogP contribution is -2.48. The number of nitrogens with one attached hydrogen (secondary N) is 1. The van der Waals surface area contributed by atoms with Crippen molar-refractivity contribution in [3.8, 4) is 5.75 Å². The zero-order chi connectivity index (χ0) is 21.0. The minimum atomic E-state index is -0.247. The maximum Gasteiger partial charge on any atom is 0.259 e. The first kappa shape index (κ1) is 21.6. The van der Waals surface area contributed by atoms with Crippen LogP contribution in [0.5, 0.6) is 5.75 Å². The summed E-state index contributed by atoms with van der Waals surface area (Å²) < 4.78 is 6.85. The SMILES string of the molecule is CCC(=O)N1CCN(c2ccc(NC(=O)c3cc(Br)cc(Br)c3OC)cc2)CC1. The molecule has 1 saturated heterocycles. The van der Waals surface area contributed by atoms with Crippen molar-refractivity contribution in [2.24, 2.45) is 0 Å². The fraction of sp³-hybridized carbons (Fsp3) is 0.333. The molecule has 1 N–H and O–H groups in total. The molecule has 154 valence electrons. The van der Waals surface area contributed by atoms with Gasteiger partial charge in [-0.15, -0.1) is 0 Å². The van der Waals surface area contributed by atoms with Gasteiger partial charge in [0.05, 0.1) is 17.1 Å². The van der Waals surface area contributed by atoms with Gasteiger partial charge in [0.15, 0.2) is 0 Å². The van der Waals surface area contributed by atoms with E-state index in [0.29, 0.717) is 27.9 Å². The first-order valence-corrected chi connectivity index (χ1v) is 11.0. The van der Waals surface area contributed by atoms with Crippen molar-refractivity contribution < 1.29 is 14.3 Å². The average Bonchev–Trinajstić information content (AvgIpc) is 2.73. The van der Waals surface area contributed by atoms with E-state index in [1.54, 1.807) is 6.07 Å². The third kappa shape index (κ3) is 5.11. The number of carbonyl (C=O) groups is 2. The van der Waals surface area contributed by atoms with Crippen LogP contribution < -0.4 is 15.0 Å². The lowest BCUT2D eigenvalue weighted by atomic mass is 10.1. The van der Waals surface area contributed by atoms with Crippen LogP contribution in [0.25, 0.3) is 0 Å². The summed E-state index contributed by atoms with van der Waals surface area (Å²) in [5.41, 5.74) is 2.22. The Balaban J connectivity index is 1.66. The summed E-state index contributed by atoms with van der Waals surface area (Å²) in [6, 6.07) is 11.3. The van der Waals surface area contributed by atoms with Gasteiger partial charge in [-0.3, -0.25) is 9.59 Å². The molecule has 1 heterocycles. The summed E-state index contributed by atoms with van der Waals surface area (Å²) in [7, 11) is 1.54. The number of halogens is 2. The van der Waals surface area contributed by atoms with Crippen molar-refractivity contribution in [3.05, 3.63) is 50.9 Å². The highest BCUT2D eigenvalue weighted by atomic mass is 79.9. The van der Waals surface area contributed by atoms with Crippen molar-refractivity contribution in [3.63, 3.8) is 0 Å². The minimum absolute atomic E-state index is 0.206. The Labute approximate surface area is 187 Å². The monoisotopic (exact) mass is 523 g/mol. The second kappa shape index (κ2) is 9.63. The quantitative estimate of drug-likeness (QED) is 0.624. The topological polar surface area (TPSA) is 61.9 Å². The molecule has 0 saturated carbocycles. The number of benzene rings is 2. The van der Waals surface area contributed by atoms with E-state index in [0.717, 1.165) is 36.3 Å². The molecule has 2 aromatic carbocycles. The Morgan fingerprint density at radius 2 is 1.72 bits per heavy atom. The molecular weight excluding hydrogens is 502 g/mol. The van der Waals surface area contributed by atoms with Crippen molar-refractivity contribution >= 4 is 55.0 Å². The molecule has 0 atom stereocenters. The number of ether oxygens (including phenoxy) is 1. The third-order valence-electron chi connectivity index (χ3n) is 4.88. The summed E-state index contributed by atoms with van der Waals surface area (Å²) in [5, 5.41) is 2.92. The van der Waals surface area contributed by atoms with Gasteiger partial charge >= 0.3 is 0 Å². The number of amides is 2. The van der Waals surface area contributed by atoms with E-state index in [-0.39, 0.29) is 11.8 Å². The normalized spacial score (nSPS) is 13.9. The van der Waals surface area contributed by atoms with Crippen LogP contribution in [0, 0.1) is 0 Å². The molecule has 1 aliphatic rings. The summed E-state index contributed by atoms with van der Waals surface area (Å²) >= 11 is 6.82. The summed E-state index contributed by atoms with van der Waals surface area (Å²) in [4.78, 5) is 28.7. The predicted molar refractivity (Wildman–Crippen MR) is 122 cm³/mol. The largest absolute Gasteiger partial charge is 0.495 e. The van der Waals surface area contributed by atoms with Crippen LogP contribution >= 0.6 is 31.9 Å². The molecule has 0 unspecified atom stereocenters. The van der Waals surface area contributed by atoms with Gasteiger partial charge in [0.1, 0.15) is 5.75 Å². The smallest absolute Gasteiger partial charge is 0.259 e. The first-order valence-electron chi connectivity index (χ1n) is 9.40. The third-order valence-corrected chi connectivity index (χ3v) is 5.93. The molecule has 0 bridgehead atoms. The van der Waals surface area contributed by atoms with Crippen LogP contribution in [-0.4, -0.2) is 50.0 Å². The van der Waals surface area contributed by atoms with Crippen molar-refractivity contribution in [2.45, 2.75) is 13.3 Å². The number of rotatable bonds is 5. The van der Waals surface area contributed by atoms with Crippen LogP contribution in [0.15, 0.2) is 45.3 Å². The summed E-state index contributed by atoms with van der Waals surface area (Å²) in [6.07, 6.45) is 0.549. The van der Waals surface area contributed by atoms with Gasteiger partial charge in [-0.05, 0) is 52.3 Å². The van der Waals surface area contributed by atoms with Gasteiger partial charge in [-0.1, -0.05) is 22.9 Å². The molecule has 0 aromatic heterocycles. The second-order valence-corrected chi connectivity index (χ2v) is 8.46. The number of carbonyl (C=O) groups excluding carboxylic acids is 2. The lowest BCUT2D eigenvalue weighted by molar-refractivity contribution is -0.131. The predicted octanol–water partition coefficient (Wildman–Crippen LogP) is 4.53. The van der Waals surface area contributed by atoms with Crippen LogP contribution in [0.2, 0.25) is 0 Å². The average molecular weight is 525 g/mol. The Bertz CT molecular complexity index is 895. The fourth-order valence-electron chi connectivity index (χ4n) is 3.33. The number of hydrogen-bond donors (Lipinski definition) is 1. The highest BCUT2D eigenvalue weighted by Gasteiger charge is 2.20. The molecule has 2 amide bonds. The Morgan fingerprint density at radius 3 is 2.31 bits per heavy atom. The molecule has 0 spiro atoms. The Hall–Kier alpha value is -2.06. The Kier molecular flexibility index (Phi) is 7.18. The van der Waals surface area contributed by atoms with Crippen molar-refractivity contribution in [1.82, 2.24) is 4.90 Å². The molecule has 3 rings (SSSR count). The van der Waals surface area contributed by atoms with Crippen molar-refractivity contribution in [1.29, 1.82) is 0 Å². The number of methoxy groups -OCH3 is 1. The number of nitrogens with zero attached hydrogens (tertiary/aromatic N) is 2. The number of anilines is 2. The highest BCUT2D eigenvalue weighted by Crippen LogP contribution is 2.33. The molecule has 29 heavy (non-hydrogen) atoms. The Morgan fingerprint density at radius 1 is 1.07 bits per heavy atom. The first-order chi connectivity index (χ1) is 13.9. The van der Waals surface area contributed by atoms with E-state index in [2.05, 4.69) is 42.1 Å². The summed E-state index contributed by atoms with van der Waals surface area (Å²) in [5.74, 6) is 0.447. The summed E-state index contributed by atoms with van der Waals surface area (Å²) in [6.45, 7) is 4.98. The van der Waals surface area contributed by atoms with E-state index in [1.165, 1.54) is 7.11 Å². The molecule has 0 aliphatic carbocycles. The molecule has 6 nitrogen and oxygen atoms in total. The van der Waals surface area contributed by atoms with Gasteiger partial charge < -0.3 is 19.9 Å².